The Morgan fingerprint density at radius 2 is 1.85 bits per heavy atom. The molecule has 1 unspecified atom stereocenters. The molecule has 1 aromatic carbocycles. The monoisotopic (exact) mass is 313 g/mol. The summed E-state index contributed by atoms with van der Waals surface area (Å²) in [5.74, 6) is 0. The number of aliphatic hydroxyl groups excluding tert-OH is 1. The average Bonchev–Trinajstić information content (AvgIpc) is 2.75. The normalized spacial score (nSPS) is 13.5. The highest BCUT2D eigenvalue weighted by Gasteiger charge is 2.22. The van der Waals surface area contributed by atoms with E-state index in [1.165, 1.54) is 0 Å². The molecule has 3 nitrogen and oxygen atoms in total. The van der Waals surface area contributed by atoms with Crippen molar-refractivity contribution in [3.8, 4) is 11.1 Å². The van der Waals surface area contributed by atoms with Crippen LogP contribution in [0, 0.1) is 0 Å². The molecule has 108 valence electrons. The molecule has 0 saturated heterocycles. The lowest BCUT2D eigenvalue weighted by atomic mass is 10.0. The van der Waals surface area contributed by atoms with Crippen molar-refractivity contribution in [2.75, 3.05) is 0 Å². The molecule has 0 spiro atoms. The smallest absolute Gasteiger partial charge is 0.183 e. The van der Waals surface area contributed by atoms with Crippen LogP contribution in [-0.4, -0.2) is 15.7 Å². The van der Waals surface area contributed by atoms with Crippen LogP contribution < -0.4 is 0 Å². The van der Waals surface area contributed by atoms with Gasteiger partial charge in [0.1, 0.15) is 0 Å². The molecule has 0 aliphatic rings. The summed E-state index contributed by atoms with van der Waals surface area (Å²) < 4.78 is 5.57. The van der Waals surface area contributed by atoms with E-state index in [4.69, 9.17) is 27.9 Å². The maximum absolute atomic E-state index is 10.2. The van der Waals surface area contributed by atoms with E-state index < -0.39 is 11.9 Å². The minimum absolute atomic E-state index is 0.447. The second-order valence-corrected chi connectivity index (χ2v) is 6.37. The Labute approximate surface area is 128 Å². The topological polar surface area (TPSA) is 45.2 Å². The molecule has 0 bridgehead atoms. The molecule has 1 heterocycles. The highest BCUT2D eigenvalue weighted by molar-refractivity contribution is 6.36. The summed E-state index contributed by atoms with van der Waals surface area (Å²) in [5.41, 5.74) is 1.79. The second kappa shape index (κ2) is 5.78. The summed E-state index contributed by atoms with van der Waals surface area (Å²) in [5, 5.41) is 11.3. The molecule has 1 atom stereocenters. The Hall–Kier alpha value is -1.000. The minimum atomic E-state index is -1.03. The van der Waals surface area contributed by atoms with E-state index in [0.717, 1.165) is 11.1 Å². The van der Waals surface area contributed by atoms with Crippen molar-refractivity contribution in [2.45, 2.75) is 32.7 Å². The van der Waals surface area contributed by atoms with Gasteiger partial charge in [-0.05, 0) is 32.9 Å². The molecule has 0 saturated carbocycles. The zero-order chi connectivity index (χ0) is 14.9. The first-order valence-corrected chi connectivity index (χ1v) is 7.01. The molecule has 5 heteroatoms. The van der Waals surface area contributed by atoms with E-state index in [2.05, 4.69) is 4.98 Å². The van der Waals surface area contributed by atoms with Gasteiger partial charge in [0.2, 0.25) is 0 Å². The molecule has 1 aromatic heterocycles. The summed E-state index contributed by atoms with van der Waals surface area (Å²) in [6.45, 7) is 5.66. The van der Waals surface area contributed by atoms with Crippen LogP contribution >= 0.6 is 23.2 Å². The lowest BCUT2D eigenvalue weighted by Gasteiger charge is -2.24. The Morgan fingerprint density at radius 1 is 1.15 bits per heavy atom. The van der Waals surface area contributed by atoms with Crippen molar-refractivity contribution >= 4 is 23.2 Å². The van der Waals surface area contributed by atoms with E-state index in [9.17, 15) is 5.11 Å². The van der Waals surface area contributed by atoms with E-state index in [1.807, 2.05) is 26.8 Å². The molecule has 0 fully saturated rings. The summed E-state index contributed by atoms with van der Waals surface area (Å²) >= 11 is 12.1. The van der Waals surface area contributed by atoms with Crippen molar-refractivity contribution in [3.63, 3.8) is 0 Å². The number of H-pyrrole nitrogens is 1. The maximum atomic E-state index is 10.2. The van der Waals surface area contributed by atoms with Crippen LogP contribution in [0.1, 0.15) is 32.6 Å². The Bertz CT molecular complexity index is 602. The predicted octanol–water partition coefficient (Wildman–Crippen LogP) is 4.79. The zero-order valence-corrected chi connectivity index (χ0v) is 13.1. The first kappa shape index (κ1) is 15.4. The number of halogens is 2. The Balaban J connectivity index is 2.38. The molecular formula is C15H17Cl2NO2. The van der Waals surface area contributed by atoms with Crippen LogP contribution in [0.5, 0.6) is 0 Å². The summed E-state index contributed by atoms with van der Waals surface area (Å²) in [7, 11) is 0. The Kier molecular flexibility index (Phi) is 4.45. The summed E-state index contributed by atoms with van der Waals surface area (Å²) in [4.78, 5) is 2.97. The molecular weight excluding hydrogens is 297 g/mol. The lowest BCUT2D eigenvalue weighted by Crippen LogP contribution is -2.22. The van der Waals surface area contributed by atoms with Gasteiger partial charge in [-0.25, -0.2) is 0 Å². The number of nitrogens with one attached hydrogen (secondary N) is 1. The fourth-order valence-corrected chi connectivity index (χ4v) is 2.43. The number of aliphatic hydroxyl groups is 1. The number of hydrogen-bond acceptors (Lipinski definition) is 2. The largest absolute Gasteiger partial charge is 0.367 e. The summed E-state index contributed by atoms with van der Waals surface area (Å²) in [6.07, 6.45) is 2.46. The molecule has 2 aromatic rings. The van der Waals surface area contributed by atoms with Crippen LogP contribution in [-0.2, 0) is 4.74 Å². The Morgan fingerprint density at radius 3 is 2.45 bits per heavy atom. The van der Waals surface area contributed by atoms with Crippen LogP contribution in [0.3, 0.4) is 0 Å². The average molecular weight is 314 g/mol. The van der Waals surface area contributed by atoms with Gasteiger partial charge in [-0.2, -0.15) is 0 Å². The fraction of sp³-hybridized carbons (Fsp3) is 0.333. The zero-order valence-electron chi connectivity index (χ0n) is 11.6. The van der Waals surface area contributed by atoms with Crippen molar-refractivity contribution in [1.29, 1.82) is 0 Å². The number of ether oxygens (including phenoxy) is 1. The third kappa shape index (κ3) is 3.55. The molecule has 0 radical (unpaired) electrons. The van der Waals surface area contributed by atoms with Gasteiger partial charge in [-0.3, -0.25) is 0 Å². The van der Waals surface area contributed by atoms with Crippen molar-refractivity contribution in [1.82, 2.24) is 4.98 Å². The standard InChI is InChI=1S/C15H17Cl2NO2/c1-15(2,3)20-14(19)12-8-18-7-11(12)10-5-4-9(16)6-13(10)17/h4-8,14,18-19H,1-3H3. The molecule has 0 amide bonds. The SMILES string of the molecule is CC(C)(C)OC(O)c1c[nH]cc1-c1ccc(Cl)cc1Cl. The second-order valence-electron chi connectivity index (χ2n) is 5.53. The van der Waals surface area contributed by atoms with Crippen molar-refractivity contribution in [2.24, 2.45) is 0 Å². The predicted molar refractivity (Wildman–Crippen MR) is 82.0 cm³/mol. The van der Waals surface area contributed by atoms with Gasteiger partial charge in [0, 0.05) is 39.1 Å². The number of aromatic nitrogens is 1. The number of aromatic amines is 1. The van der Waals surface area contributed by atoms with Gasteiger partial charge in [-0.1, -0.05) is 29.3 Å². The third-order valence-corrected chi connectivity index (χ3v) is 3.28. The van der Waals surface area contributed by atoms with Gasteiger partial charge in [-0.15, -0.1) is 0 Å². The van der Waals surface area contributed by atoms with Gasteiger partial charge in [0.25, 0.3) is 0 Å². The first-order valence-electron chi connectivity index (χ1n) is 6.26. The van der Waals surface area contributed by atoms with E-state index in [0.29, 0.717) is 15.6 Å². The maximum Gasteiger partial charge on any atom is 0.183 e. The highest BCUT2D eigenvalue weighted by Crippen LogP contribution is 2.36. The molecule has 20 heavy (non-hydrogen) atoms. The van der Waals surface area contributed by atoms with E-state index in [1.54, 1.807) is 24.5 Å². The molecule has 0 aliphatic carbocycles. The summed E-state index contributed by atoms with van der Waals surface area (Å²) in [6, 6.07) is 5.25. The molecule has 0 aliphatic heterocycles. The fourth-order valence-electron chi connectivity index (χ4n) is 1.92. The first-order chi connectivity index (χ1) is 9.28. The lowest BCUT2D eigenvalue weighted by molar-refractivity contribution is -0.169. The van der Waals surface area contributed by atoms with Gasteiger partial charge in [0.05, 0.1) is 5.60 Å². The van der Waals surface area contributed by atoms with Gasteiger partial charge in [0.15, 0.2) is 6.29 Å². The number of rotatable bonds is 3. The number of benzene rings is 1. The van der Waals surface area contributed by atoms with Gasteiger partial charge < -0.3 is 14.8 Å². The van der Waals surface area contributed by atoms with Crippen molar-refractivity contribution < 1.29 is 9.84 Å². The van der Waals surface area contributed by atoms with Crippen molar-refractivity contribution in [3.05, 3.63) is 46.2 Å². The quantitative estimate of drug-likeness (QED) is 0.800. The minimum Gasteiger partial charge on any atom is -0.367 e. The molecule has 2 N–H and O–H groups in total. The highest BCUT2D eigenvalue weighted by atomic mass is 35.5. The number of hydrogen-bond donors (Lipinski definition) is 2. The van der Waals surface area contributed by atoms with Crippen LogP contribution in [0.25, 0.3) is 11.1 Å². The van der Waals surface area contributed by atoms with Crippen LogP contribution in [0.4, 0.5) is 0 Å². The van der Waals surface area contributed by atoms with Crippen LogP contribution in [0.15, 0.2) is 30.6 Å². The van der Waals surface area contributed by atoms with Gasteiger partial charge >= 0.3 is 0 Å². The van der Waals surface area contributed by atoms with Crippen LogP contribution in [0.2, 0.25) is 10.0 Å². The van der Waals surface area contributed by atoms with E-state index in [-0.39, 0.29) is 0 Å². The molecule has 2 rings (SSSR count). The van der Waals surface area contributed by atoms with E-state index >= 15 is 0 Å². The third-order valence-electron chi connectivity index (χ3n) is 2.73.